The molecule has 2 heterocycles. The van der Waals surface area contributed by atoms with Crippen LogP contribution in [-0.4, -0.2) is 41.5 Å². The van der Waals surface area contributed by atoms with E-state index in [1.165, 1.54) is 5.56 Å². The van der Waals surface area contributed by atoms with Crippen LogP contribution in [0.4, 0.5) is 0 Å². The van der Waals surface area contributed by atoms with Crippen molar-refractivity contribution in [1.82, 2.24) is 14.9 Å². The number of amides is 1. The Morgan fingerprint density at radius 2 is 2.00 bits per heavy atom. The zero-order valence-electron chi connectivity index (χ0n) is 13.5. The van der Waals surface area contributed by atoms with Crippen molar-refractivity contribution < 1.29 is 14.3 Å². The third-order valence-corrected chi connectivity index (χ3v) is 4.23. The first-order chi connectivity index (χ1) is 11.2. The number of carbonyl (C=O) groups excluding carboxylic acids is 1. The van der Waals surface area contributed by atoms with Crippen LogP contribution in [0.15, 0.2) is 24.7 Å². The fourth-order valence-electron chi connectivity index (χ4n) is 2.92. The molecule has 0 fully saturated rings. The van der Waals surface area contributed by atoms with Gasteiger partial charge in [-0.25, -0.2) is 4.98 Å². The van der Waals surface area contributed by atoms with Gasteiger partial charge in [0.2, 0.25) is 5.91 Å². The van der Waals surface area contributed by atoms with Gasteiger partial charge in [0.05, 0.1) is 20.5 Å². The number of hydrogen-bond acceptors (Lipinski definition) is 4. The van der Waals surface area contributed by atoms with Gasteiger partial charge in [-0.2, -0.15) is 0 Å². The standard InChI is InChI=1S/C17H21N3O3/c1-22-15-7-12-5-6-20(10-13(12)8-16(15)23-2)17(21)4-3-14-9-18-11-19-14/h7-9,11H,3-6,10H2,1-2H3,(H,18,19). The number of hydrogen-bond donors (Lipinski definition) is 1. The molecule has 1 N–H and O–H groups in total. The molecule has 122 valence electrons. The number of rotatable bonds is 5. The molecule has 1 aromatic carbocycles. The van der Waals surface area contributed by atoms with E-state index in [0.29, 0.717) is 25.1 Å². The van der Waals surface area contributed by atoms with Crippen molar-refractivity contribution in [2.24, 2.45) is 0 Å². The molecule has 0 saturated heterocycles. The highest BCUT2D eigenvalue weighted by Gasteiger charge is 2.22. The SMILES string of the molecule is COc1cc2c(cc1OC)CN(C(=O)CCc1cnc[nH]1)CC2. The Morgan fingerprint density at radius 1 is 1.26 bits per heavy atom. The molecule has 0 aliphatic carbocycles. The number of imidazole rings is 1. The van der Waals surface area contributed by atoms with Crippen LogP contribution in [0.25, 0.3) is 0 Å². The summed E-state index contributed by atoms with van der Waals surface area (Å²) in [6.07, 6.45) is 5.41. The third kappa shape index (κ3) is 3.31. The van der Waals surface area contributed by atoms with Gasteiger partial charge in [0.25, 0.3) is 0 Å². The van der Waals surface area contributed by atoms with Gasteiger partial charge < -0.3 is 19.4 Å². The number of benzene rings is 1. The van der Waals surface area contributed by atoms with E-state index in [1.54, 1.807) is 26.7 Å². The van der Waals surface area contributed by atoms with Crippen LogP contribution in [0.3, 0.4) is 0 Å². The molecule has 0 radical (unpaired) electrons. The van der Waals surface area contributed by atoms with Crippen molar-refractivity contribution >= 4 is 5.91 Å². The number of methoxy groups -OCH3 is 2. The molecule has 2 aromatic rings. The average Bonchev–Trinajstić information content (AvgIpc) is 3.11. The average molecular weight is 315 g/mol. The first-order valence-electron chi connectivity index (χ1n) is 7.70. The summed E-state index contributed by atoms with van der Waals surface area (Å²) in [7, 11) is 3.26. The number of nitrogens with one attached hydrogen (secondary N) is 1. The van der Waals surface area contributed by atoms with Gasteiger partial charge in [-0.05, 0) is 36.1 Å². The van der Waals surface area contributed by atoms with E-state index in [1.807, 2.05) is 17.0 Å². The minimum absolute atomic E-state index is 0.167. The maximum atomic E-state index is 12.4. The second kappa shape index (κ2) is 6.73. The smallest absolute Gasteiger partial charge is 0.223 e. The molecule has 1 amide bonds. The highest BCUT2D eigenvalue weighted by Crippen LogP contribution is 2.33. The van der Waals surface area contributed by atoms with Crippen LogP contribution in [0, 0.1) is 0 Å². The maximum Gasteiger partial charge on any atom is 0.223 e. The number of nitrogens with zero attached hydrogens (tertiary/aromatic N) is 2. The molecule has 1 aromatic heterocycles. The van der Waals surface area contributed by atoms with E-state index in [-0.39, 0.29) is 5.91 Å². The lowest BCUT2D eigenvalue weighted by atomic mass is 9.98. The molecule has 0 bridgehead atoms. The predicted octanol–water partition coefficient (Wildman–Crippen LogP) is 1.94. The number of fused-ring (bicyclic) bond motifs is 1. The normalized spacial score (nSPS) is 13.6. The molecule has 0 saturated carbocycles. The Hall–Kier alpha value is -2.50. The van der Waals surface area contributed by atoms with Crippen molar-refractivity contribution in [3.63, 3.8) is 0 Å². The molecule has 0 spiro atoms. The molecule has 1 aliphatic heterocycles. The summed E-state index contributed by atoms with van der Waals surface area (Å²) >= 11 is 0. The summed E-state index contributed by atoms with van der Waals surface area (Å²) in [5.74, 6) is 1.61. The zero-order chi connectivity index (χ0) is 16.2. The van der Waals surface area contributed by atoms with Crippen LogP contribution in [0.1, 0.15) is 23.2 Å². The van der Waals surface area contributed by atoms with Gasteiger partial charge in [-0.3, -0.25) is 4.79 Å². The summed E-state index contributed by atoms with van der Waals surface area (Å²) < 4.78 is 10.7. The van der Waals surface area contributed by atoms with Crippen molar-refractivity contribution in [2.75, 3.05) is 20.8 Å². The summed E-state index contributed by atoms with van der Waals surface area (Å²) in [5.41, 5.74) is 3.34. The molecule has 1 aliphatic rings. The third-order valence-electron chi connectivity index (χ3n) is 4.23. The molecular formula is C17H21N3O3. The molecule has 6 nitrogen and oxygen atoms in total. The van der Waals surface area contributed by atoms with E-state index in [9.17, 15) is 4.79 Å². The molecule has 23 heavy (non-hydrogen) atoms. The van der Waals surface area contributed by atoms with Crippen LogP contribution in [0.5, 0.6) is 11.5 Å². The van der Waals surface area contributed by atoms with E-state index in [0.717, 1.165) is 30.0 Å². The number of aromatic nitrogens is 2. The van der Waals surface area contributed by atoms with E-state index >= 15 is 0 Å². The van der Waals surface area contributed by atoms with E-state index in [4.69, 9.17) is 9.47 Å². The van der Waals surface area contributed by atoms with Crippen molar-refractivity contribution in [1.29, 1.82) is 0 Å². The lowest BCUT2D eigenvalue weighted by molar-refractivity contribution is -0.132. The highest BCUT2D eigenvalue weighted by atomic mass is 16.5. The second-order valence-corrected chi connectivity index (χ2v) is 5.62. The molecular weight excluding hydrogens is 294 g/mol. The van der Waals surface area contributed by atoms with E-state index < -0.39 is 0 Å². The first kappa shape index (κ1) is 15.4. The Kier molecular flexibility index (Phi) is 4.50. The number of carbonyl (C=O) groups is 1. The van der Waals surface area contributed by atoms with Crippen LogP contribution >= 0.6 is 0 Å². The minimum Gasteiger partial charge on any atom is -0.493 e. The van der Waals surface area contributed by atoms with Gasteiger partial charge >= 0.3 is 0 Å². The summed E-state index contributed by atoms with van der Waals surface area (Å²) in [6.45, 7) is 1.36. The number of aromatic amines is 1. The second-order valence-electron chi connectivity index (χ2n) is 5.62. The number of H-pyrrole nitrogens is 1. The first-order valence-corrected chi connectivity index (χ1v) is 7.70. The lowest BCUT2D eigenvalue weighted by Crippen LogP contribution is -2.36. The van der Waals surface area contributed by atoms with Crippen LogP contribution in [0.2, 0.25) is 0 Å². The fourth-order valence-corrected chi connectivity index (χ4v) is 2.92. The topological polar surface area (TPSA) is 67.5 Å². The van der Waals surface area contributed by atoms with Gasteiger partial charge in [-0.1, -0.05) is 0 Å². The Balaban J connectivity index is 1.68. The summed E-state index contributed by atoms with van der Waals surface area (Å²) in [4.78, 5) is 21.3. The minimum atomic E-state index is 0.167. The van der Waals surface area contributed by atoms with Gasteiger partial charge in [0, 0.05) is 31.4 Å². The van der Waals surface area contributed by atoms with Crippen molar-refractivity contribution in [3.05, 3.63) is 41.5 Å². The Morgan fingerprint density at radius 3 is 2.65 bits per heavy atom. The highest BCUT2D eigenvalue weighted by molar-refractivity contribution is 5.76. The molecule has 3 rings (SSSR count). The quantitative estimate of drug-likeness (QED) is 0.915. The largest absolute Gasteiger partial charge is 0.493 e. The van der Waals surface area contributed by atoms with Gasteiger partial charge in [0.1, 0.15) is 0 Å². The monoisotopic (exact) mass is 315 g/mol. The summed E-state index contributed by atoms with van der Waals surface area (Å²) in [6, 6.07) is 3.99. The van der Waals surface area contributed by atoms with E-state index in [2.05, 4.69) is 9.97 Å². The van der Waals surface area contributed by atoms with Crippen LogP contribution < -0.4 is 9.47 Å². The fraction of sp³-hybridized carbons (Fsp3) is 0.412. The lowest BCUT2D eigenvalue weighted by Gasteiger charge is -2.29. The summed E-state index contributed by atoms with van der Waals surface area (Å²) in [5, 5.41) is 0. The van der Waals surface area contributed by atoms with Crippen molar-refractivity contribution in [3.8, 4) is 11.5 Å². The molecule has 0 atom stereocenters. The van der Waals surface area contributed by atoms with Gasteiger partial charge in [-0.15, -0.1) is 0 Å². The zero-order valence-corrected chi connectivity index (χ0v) is 13.5. The predicted molar refractivity (Wildman–Crippen MR) is 85.6 cm³/mol. The van der Waals surface area contributed by atoms with Crippen LogP contribution in [-0.2, 0) is 24.2 Å². The Labute approximate surface area is 135 Å². The molecule has 0 unspecified atom stereocenters. The van der Waals surface area contributed by atoms with Gasteiger partial charge in [0.15, 0.2) is 11.5 Å². The molecule has 6 heteroatoms. The number of aryl methyl sites for hydroxylation is 1. The maximum absolute atomic E-state index is 12.4. The van der Waals surface area contributed by atoms with Crippen molar-refractivity contribution in [2.45, 2.75) is 25.8 Å². The Bertz CT molecular complexity index is 683. The number of ether oxygens (including phenoxy) is 2.